The molecule has 9 nitrogen and oxygen atoms in total. The Balaban J connectivity index is 1.44. The van der Waals surface area contributed by atoms with Crippen LogP contribution in [0.2, 0.25) is 5.02 Å². The summed E-state index contributed by atoms with van der Waals surface area (Å²) in [5.74, 6) is 1.09. The van der Waals surface area contributed by atoms with Crippen LogP contribution in [0, 0.1) is 5.92 Å². The van der Waals surface area contributed by atoms with Gasteiger partial charge in [0.15, 0.2) is 0 Å². The largest absolute Gasteiger partial charge is 0.493 e. The van der Waals surface area contributed by atoms with E-state index in [1.54, 1.807) is 41.2 Å². The first kappa shape index (κ1) is 25.8. The fraction of sp³-hybridized carbons (Fsp3) is 0.320. The van der Waals surface area contributed by atoms with Gasteiger partial charge in [-0.3, -0.25) is 4.68 Å². The monoisotopic (exact) mass is 575 g/mol. The molecule has 1 aliphatic rings. The number of piperidine rings is 1. The van der Waals surface area contributed by atoms with Gasteiger partial charge in [-0.25, -0.2) is 9.59 Å². The number of halogens is 2. The average Bonchev–Trinajstić information content (AvgIpc) is 3.19. The smallest absolute Gasteiger partial charge is 0.407 e. The van der Waals surface area contributed by atoms with Crippen LogP contribution in [0.4, 0.5) is 21.0 Å². The highest BCUT2D eigenvalue weighted by atomic mass is 79.9. The van der Waals surface area contributed by atoms with E-state index in [1.807, 2.05) is 19.2 Å². The lowest BCUT2D eigenvalue weighted by atomic mass is 9.94. The standard InChI is InChI=1S/C25H27BrClN5O4/c1-31-23(21(26)15-28-31)20-14-19(30-24(33)29-18-4-2-17(27)3-5-18)6-7-22(20)36-13-10-16-8-11-32(12-9-16)25(34)35/h2-7,14-16H,8-13H2,1H3,(H,34,35)(H2,29,30,33). The van der Waals surface area contributed by atoms with Crippen LogP contribution in [0.15, 0.2) is 53.1 Å². The number of benzene rings is 2. The number of hydrogen-bond acceptors (Lipinski definition) is 4. The quantitative estimate of drug-likeness (QED) is 0.306. The molecule has 1 saturated heterocycles. The lowest BCUT2D eigenvalue weighted by molar-refractivity contribution is 0.119. The minimum atomic E-state index is -0.855. The second-order valence-corrected chi connectivity index (χ2v) is 9.90. The highest BCUT2D eigenvalue weighted by Gasteiger charge is 2.22. The number of likely N-dealkylation sites (tertiary alicyclic amines) is 1. The van der Waals surface area contributed by atoms with Crippen molar-refractivity contribution in [2.24, 2.45) is 13.0 Å². The maximum Gasteiger partial charge on any atom is 0.407 e. The molecule has 0 bridgehead atoms. The van der Waals surface area contributed by atoms with Crippen LogP contribution < -0.4 is 15.4 Å². The van der Waals surface area contributed by atoms with Crippen LogP contribution >= 0.6 is 27.5 Å². The Morgan fingerprint density at radius 1 is 1.14 bits per heavy atom. The molecule has 0 saturated carbocycles. The molecule has 0 spiro atoms. The molecule has 4 rings (SSSR count). The van der Waals surface area contributed by atoms with E-state index >= 15 is 0 Å². The molecule has 1 fully saturated rings. The molecule has 3 aromatic rings. The van der Waals surface area contributed by atoms with Crippen LogP contribution in [0.25, 0.3) is 11.3 Å². The third kappa shape index (κ3) is 6.50. The number of carbonyl (C=O) groups is 2. The zero-order chi connectivity index (χ0) is 25.7. The summed E-state index contributed by atoms with van der Waals surface area (Å²) >= 11 is 9.47. The van der Waals surface area contributed by atoms with E-state index in [0.717, 1.165) is 35.0 Å². The van der Waals surface area contributed by atoms with Gasteiger partial charge in [-0.1, -0.05) is 11.6 Å². The second kappa shape index (κ2) is 11.7. The molecule has 1 aromatic heterocycles. The van der Waals surface area contributed by atoms with Crippen LogP contribution in [-0.4, -0.2) is 51.6 Å². The molecule has 2 aromatic carbocycles. The molecule has 36 heavy (non-hydrogen) atoms. The third-order valence-corrected chi connectivity index (χ3v) is 6.99. The summed E-state index contributed by atoms with van der Waals surface area (Å²) in [5.41, 5.74) is 2.83. The van der Waals surface area contributed by atoms with Crippen molar-refractivity contribution in [1.82, 2.24) is 14.7 Å². The molecule has 0 radical (unpaired) electrons. The van der Waals surface area contributed by atoms with Gasteiger partial charge in [0.05, 0.1) is 23.0 Å². The van der Waals surface area contributed by atoms with Gasteiger partial charge in [0.25, 0.3) is 0 Å². The van der Waals surface area contributed by atoms with Crippen molar-refractivity contribution in [1.29, 1.82) is 0 Å². The summed E-state index contributed by atoms with van der Waals surface area (Å²) in [4.78, 5) is 25.1. The highest BCUT2D eigenvalue weighted by molar-refractivity contribution is 9.10. The van der Waals surface area contributed by atoms with E-state index in [0.29, 0.717) is 47.8 Å². The number of carboxylic acid groups (broad SMARTS) is 1. The van der Waals surface area contributed by atoms with Gasteiger partial charge in [0.1, 0.15) is 5.75 Å². The van der Waals surface area contributed by atoms with Crippen LogP contribution in [0.1, 0.15) is 19.3 Å². The van der Waals surface area contributed by atoms with Gasteiger partial charge in [0, 0.05) is 42.1 Å². The first-order valence-electron chi connectivity index (χ1n) is 11.6. The molecule has 190 valence electrons. The van der Waals surface area contributed by atoms with Crippen molar-refractivity contribution in [3.8, 4) is 17.0 Å². The first-order valence-corrected chi connectivity index (χ1v) is 12.7. The van der Waals surface area contributed by atoms with Crippen molar-refractivity contribution < 1.29 is 19.4 Å². The van der Waals surface area contributed by atoms with Gasteiger partial charge >= 0.3 is 12.1 Å². The predicted molar refractivity (Wildman–Crippen MR) is 143 cm³/mol. The van der Waals surface area contributed by atoms with Gasteiger partial charge in [-0.05, 0) is 83.6 Å². The van der Waals surface area contributed by atoms with E-state index in [-0.39, 0.29) is 6.03 Å². The first-order chi connectivity index (χ1) is 17.3. The maximum absolute atomic E-state index is 12.5. The fourth-order valence-electron chi connectivity index (χ4n) is 4.21. The Kier molecular flexibility index (Phi) is 8.37. The highest BCUT2D eigenvalue weighted by Crippen LogP contribution is 2.37. The zero-order valence-corrected chi connectivity index (χ0v) is 22.1. The van der Waals surface area contributed by atoms with Crippen molar-refractivity contribution in [2.75, 3.05) is 30.3 Å². The number of aromatic nitrogens is 2. The normalized spacial score (nSPS) is 13.9. The summed E-state index contributed by atoms with van der Waals surface area (Å²) < 4.78 is 8.73. The second-order valence-electron chi connectivity index (χ2n) is 8.61. The third-order valence-electron chi connectivity index (χ3n) is 6.16. The molecule has 3 amide bonds. The lowest BCUT2D eigenvalue weighted by Gasteiger charge is -2.29. The number of aryl methyl sites for hydroxylation is 1. The summed E-state index contributed by atoms with van der Waals surface area (Å²) in [7, 11) is 1.84. The van der Waals surface area contributed by atoms with E-state index in [9.17, 15) is 9.59 Å². The molecular weight excluding hydrogens is 550 g/mol. The number of amides is 3. The van der Waals surface area contributed by atoms with Crippen LogP contribution in [0.5, 0.6) is 5.75 Å². The zero-order valence-electron chi connectivity index (χ0n) is 19.7. The van der Waals surface area contributed by atoms with E-state index in [1.165, 1.54) is 4.90 Å². The molecule has 11 heteroatoms. The minimum absolute atomic E-state index is 0.381. The molecule has 3 N–H and O–H groups in total. The van der Waals surface area contributed by atoms with E-state index in [2.05, 4.69) is 31.7 Å². The van der Waals surface area contributed by atoms with Crippen LogP contribution in [0.3, 0.4) is 0 Å². The van der Waals surface area contributed by atoms with E-state index < -0.39 is 6.09 Å². The molecule has 0 unspecified atom stereocenters. The number of ether oxygens (including phenoxy) is 1. The summed E-state index contributed by atoms with van der Waals surface area (Å²) in [5, 5.41) is 19.7. The number of urea groups is 1. The fourth-order valence-corrected chi connectivity index (χ4v) is 4.90. The average molecular weight is 577 g/mol. The Hall–Kier alpha value is -3.24. The van der Waals surface area contributed by atoms with Gasteiger partial charge in [-0.2, -0.15) is 5.10 Å². The number of rotatable bonds is 7. The number of nitrogens with zero attached hydrogens (tertiary/aromatic N) is 3. The molecule has 1 aliphatic heterocycles. The summed E-state index contributed by atoms with van der Waals surface area (Å²) in [6, 6.07) is 12.0. The number of nitrogens with one attached hydrogen (secondary N) is 2. The number of anilines is 2. The van der Waals surface area contributed by atoms with Gasteiger partial charge in [0.2, 0.25) is 0 Å². The Bertz CT molecular complexity index is 1210. The predicted octanol–water partition coefficient (Wildman–Crippen LogP) is 6.31. The summed E-state index contributed by atoms with van der Waals surface area (Å²) in [6.07, 6.45) is 3.36. The molecule has 0 aliphatic carbocycles. The Labute approximate surface area is 222 Å². The molecule has 0 atom stereocenters. The minimum Gasteiger partial charge on any atom is -0.493 e. The number of carbonyl (C=O) groups excluding carboxylic acids is 1. The Morgan fingerprint density at radius 2 is 1.81 bits per heavy atom. The number of hydrogen-bond donors (Lipinski definition) is 3. The maximum atomic E-state index is 12.5. The topological polar surface area (TPSA) is 109 Å². The van der Waals surface area contributed by atoms with Crippen molar-refractivity contribution >= 4 is 51.0 Å². The van der Waals surface area contributed by atoms with Crippen molar-refractivity contribution in [3.63, 3.8) is 0 Å². The summed E-state index contributed by atoms with van der Waals surface area (Å²) in [6.45, 7) is 1.63. The molecule has 2 heterocycles. The molecular formula is C25H27BrClN5O4. The van der Waals surface area contributed by atoms with Gasteiger partial charge < -0.3 is 25.4 Å². The van der Waals surface area contributed by atoms with E-state index in [4.69, 9.17) is 21.4 Å². The lowest BCUT2D eigenvalue weighted by Crippen LogP contribution is -2.37. The van der Waals surface area contributed by atoms with Gasteiger partial charge in [-0.15, -0.1) is 0 Å². The Morgan fingerprint density at radius 3 is 2.44 bits per heavy atom. The SMILES string of the molecule is Cn1ncc(Br)c1-c1cc(NC(=O)Nc2ccc(Cl)cc2)ccc1OCCC1CCN(C(=O)O)CC1. The van der Waals surface area contributed by atoms with Crippen molar-refractivity contribution in [2.45, 2.75) is 19.3 Å². The van der Waals surface area contributed by atoms with Crippen LogP contribution in [-0.2, 0) is 7.05 Å². The van der Waals surface area contributed by atoms with Crippen molar-refractivity contribution in [3.05, 3.63) is 58.2 Å².